The molecule has 1 unspecified atom stereocenters. The van der Waals surface area contributed by atoms with Gasteiger partial charge >= 0.3 is 0 Å². The molecular weight excluding hydrogens is 396 g/mol. The second-order valence-corrected chi connectivity index (χ2v) is 7.28. The number of carbonyl (C=O) groups is 1. The second-order valence-electron chi connectivity index (χ2n) is 6.37. The lowest BCUT2D eigenvalue weighted by atomic mass is 9.97. The van der Waals surface area contributed by atoms with Crippen molar-refractivity contribution in [1.82, 2.24) is 4.90 Å². The summed E-state index contributed by atoms with van der Waals surface area (Å²) < 4.78 is 11.8. The molecule has 1 N–H and O–H groups in total. The topological polar surface area (TPSA) is 50.8 Å². The number of rotatable bonds is 5. The molecule has 5 nitrogen and oxygen atoms in total. The van der Waals surface area contributed by atoms with E-state index in [0.29, 0.717) is 6.54 Å². The summed E-state index contributed by atoms with van der Waals surface area (Å²) in [6.45, 7) is 3.49. The first-order chi connectivity index (χ1) is 12.5. The number of fused-ring (bicyclic) bond motifs is 1. The van der Waals surface area contributed by atoms with E-state index in [-0.39, 0.29) is 11.9 Å². The Morgan fingerprint density at radius 1 is 1.12 bits per heavy atom. The number of nitrogens with one attached hydrogen (secondary N) is 1. The number of ether oxygens (including phenoxy) is 2. The fourth-order valence-electron chi connectivity index (χ4n) is 3.18. The Hall–Kier alpha value is -2.05. The van der Waals surface area contributed by atoms with E-state index in [1.807, 2.05) is 43.3 Å². The van der Waals surface area contributed by atoms with E-state index < -0.39 is 0 Å². The molecule has 0 saturated heterocycles. The molecule has 26 heavy (non-hydrogen) atoms. The Labute approximate surface area is 162 Å². The van der Waals surface area contributed by atoms with Crippen molar-refractivity contribution in [2.24, 2.45) is 0 Å². The van der Waals surface area contributed by atoms with Crippen molar-refractivity contribution >= 4 is 27.5 Å². The molecule has 1 aliphatic heterocycles. The lowest BCUT2D eigenvalue weighted by Gasteiger charge is -2.33. The molecule has 0 aliphatic carbocycles. The van der Waals surface area contributed by atoms with Gasteiger partial charge in [0.05, 0.1) is 20.3 Å². The normalized spacial score (nSPS) is 15.1. The Balaban J connectivity index is 1.71. The number of carbonyl (C=O) groups excluding carboxylic acids is 1. The Bertz CT molecular complexity index is 792. The molecule has 6 heteroatoms. The van der Waals surface area contributed by atoms with Crippen LogP contribution in [-0.2, 0) is 17.8 Å². The number of hydrogen-bond donors (Lipinski definition) is 1. The number of benzene rings is 2. The first kappa shape index (κ1) is 18.7. The van der Waals surface area contributed by atoms with Gasteiger partial charge in [0.1, 0.15) is 0 Å². The van der Waals surface area contributed by atoms with E-state index >= 15 is 0 Å². The molecule has 0 bridgehead atoms. The van der Waals surface area contributed by atoms with Crippen molar-refractivity contribution in [1.29, 1.82) is 0 Å². The average molecular weight is 419 g/mol. The Morgan fingerprint density at radius 3 is 2.35 bits per heavy atom. The third kappa shape index (κ3) is 4.02. The zero-order valence-electron chi connectivity index (χ0n) is 15.2. The number of amides is 1. The summed E-state index contributed by atoms with van der Waals surface area (Å²) >= 11 is 3.40. The molecule has 2 aromatic rings. The quantitative estimate of drug-likeness (QED) is 0.800. The number of nitrogens with zero attached hydrogens (tertiary/aromatic N) is 1. The smallest absolute Gasteiger partial charge is 0.241 e. The van der Waals surface area contributed by atoms with E-state index in [2.05, 4.69) is 26.1 Å². The maximum Gasteiger partial charge on any atom is 0.241 e. The maximum atomic E-state index is 12.6. The predicted octanol–water partition coefficient (Wildman–Crippen LogP) is 3.85. The fourth-order valence-corrected chi connectivity index (χ4v) is 3.45. The van der Waals surface area contributed by atoms with E-state index in [0.717, 1.165) is 34.6 Å². The molecule has 0 aromatic heterocycles. The van der Waals surface area contributed by atoms with Crippen molar-refractivity contribution in [3.05, 3.63) is 52.0 Å². The van der Waals surface area contributed by atoms with E-state index in [9.17, 15) is 4.79 Å². The molecule has 1 aliphatic rings. The van der Waals surface area contributed by atoms with Crippen LogP contribution >= 0.6 is 15.9 Å². The van der Waals surface area contributed by atoms with Crippen LogP contribution in [0, 0.1) is 0 Å². The van der Waals surface area contributed by atoms with Gasteiger partial charge in [-0.25, -0.2) is 0 Å². The maximum absolute atomic E-state index is 12.6. The van der Waals surface area contributed by atoms with Crippen LogP contribution in [-0.4, -0.2) is 37.6 Å². The minimum atomic E-state index is -0.222. The van der Waals surface area contributed by atoms with Crippen molar-refractivity contribution in [2.45, 2.75) is 25.9 Å². The van der Waals surface area contributed by atoms with Crippen LogP contribution in [0.5, 0.6) is 11.5 Å². The minimum absolute atomic E-state index is 0.00347. The van der Waals surface area contributed by atoms with Gasteiger partial charge in [0.15, 0.2) is 11.5 Å². The molecule has 1 amide bonds. The number of hydrogen-bond acceptors (Lipinski definition) is 4. The summed E-state index contributed by atoms with van der Waals surface area (Å²) in [5.74, 6) is 1.47. The summed E-state index contributed by atoms with van der Waals surface area (Å²) in [5.41, 5.74) is 3.23. The van der Waals surface area contributed by atoms with Gasteiger partial charge in [0.25, 0.3) is 0 Å². The lowest BCUT2D eigenvalue weighted by Crippen LogP contribution is -2.44. The first-order valence-corrected chi connectivity index (χ1v) is 9.35. The molecule has 138 valence electrons. The highest BCUT2D eigenvalue weighted by molar-refractivity contribution is 9.10. The zero-order chi connectivity index (χ0) is 18.7. The van der Waals surface area contributed by atoms with Gasteiger partial charge < -0.3 is 14.8 Å². The summed E-state index contributed by atoms with van der Waals surface area (Å²) in [5, 5.41) is 2.98. The molecule has 0 fully saturated rings. The summed E-state index contributed by atoms with van der Waals surface area (Å²) in [4.78, 5) is 14.8. The van der Waals surface area contributed by atoms with Crippen LogP contribution in [0.4, 0.5) is 5.69 Å². The largest absolute Gasteiger partial charge is 0.493 e. The Morgan fingerprint density at radius 2 is 1.73 bits per heavy atom. The van der Waals surface area contributed by atoms with Crippen molar-refractivity contribution in [3.63, 3.8) is 0 Å². The average Bonchev–Trinajstić information content (AvgIpc) is 2.67. The van der Waals surface area contributed by atoms with Crippen molar-refractivity contribution in [3.8, 4) is 11.5 Å². The van der Waals surface area contributed by atoms with Crippen LogP contribution in [0.3, 0.4) is 0 Å². The van der Waals surface area contributed by atoms with Gasteiger partial charge in [0.2, 0.25) is 5.91 Å². The van der Waals surface area contributed by atoms with Crippen LogP contribution in [0.15, 0.2) is 40.9 Å². The molecule has 0 radical (unpaired) electrons. The van der Waals surface area contributed by atoms with Gasteiger partial charge in [-0.2, -0.15) is 0 Å². The second kappa shape index (κ2) is 8.10. The van der Waals surface area contributed by atoms with Gasteiger partial charge in [-0.3, -0.25) is 9.69 Å². The SMILES string of the molecule is COc1cc2c(cc1OC)CN(C(C)C(=O)Nc1ccc(Br)cc1)CC2. The molecule has 1 heterocycles. The molecule has 1 atom stereocenters. The van der Waals surface area contributed by atoms with Crippen LogP contribution in [0.25, 0.3) is 0 Å². The fraction of sp³-hybridized carbons (Fsp3) is 0.350. The number of methoxy groups -OCH3 is 2. The number of halogens is 1. The van der Waals surface area contributed by atoms with E-state index in [1.165, 1.54) is 11.1 Å². The van der Waals surface area contributed by atoms with Crippen LogP contribution < -0.4 is 14.8 Å². The van der Waals surface area contributed by atoms with Crippen LogP contribution in [0.2, 0.25) is 0 Å². The monoisotopic (exact) mass is 418 g/mol. The molecular formula is C20H23BrN2O3. The molecule has 0 saturated carbocycles. The lowest BCUT2D eigenvalue weighted by molar-refractivity contribution is -0.121. The first-order valence-electron chi connectivity index (χ1n) is 8.56. The molecule has 2 aromatic carbocycles. The third-order valence-corrected chi connectivity index (χ3v) is 5.32. The van der Waals surface area contributed by atoms with Gasteiger partial charge in [0, 0.05) is 23.2 Å². The van der Waals surface area contributed by atoms with Crippen LogP contribution in [0.1, 0.15) is 18.1 Å². The zero-order valence-corrected chi connectivity index (χ0v) is 16.8. The summed E-state index contributed by atoms with van der Waals surface area (Å²) in [6.07, 6.45) is 0.881. The van der Waals surface area contributed by atoms with Crippen molar-refractivity contribution in [2.75, 3.05) is 26.1 Å². The molecule has 3 rings (SSSR count). The summed E-state index contributed by atoms with van der Waals surface area (Å²) in [6, 6.07) is 11.4. The third-order valence-electron chi connectivity index (χ3n) is 4.79. The molecule has 0 spiro atoms. The van der Waals surface area contributed by atoms with Crippen molar-refractivity contribution < 1.29 is 14.3 Å². The van der Waals surface area contributed by atoms with Gasteiger partial charge in [-0.15, -0.1) is 0 Å². The number of anilines is 1. The minimum Gasteiger partial charge on any atom is -0.493 e. The van der Waals surface area contributed by atoms with Gasteiger partial charge in [-0.1, -0.05) is 15.9 Å². The Kier molecular flexibility index (Phi) is 5.84. The standard InChI is InChI=1S/C20H23BrN2O3/c1-13(20(24)22-17-6-4-16(21)5-7-17)23-9-8-14-10-18(25-2)19(26-3)11-15(14)12-23/h4-7,10-11,13H,8-9,12H2,1-3H3,(H,22,24). The van der Waals surface area contributed by atoms with E-state index in [4.69, 9.17) is 9.47 Å². The van der Waals surface area contributed by atoms with E-state index in [1.54, 1.807) is 14.2 Å². The highest BCUT2D eigenvalue weighted by atomic mass is 79.9. The predicted molar refractivity (Wildman–Crippen MR) is 106 cm³/mol. The van der Waals surface area contributed by atoms with Gasteiger partial charge in [-0.05, 0) is 60.9 Å². The highest BCUT2D eigenvalue weighted by Crippen LogP contribution is 2.33. The summed E-state index contributed by atoms with van der Waals surface area (Å²) in [7, 11) is 3.28. The highest BCUT2D eigenvalue weighted by Gasteiger charge is 2.26.